The number of fused-ring (bicyclic) bond motifs is 4. The van der Waals surface area contributed by atoms with Gasteiger partial charge in [-0.05, 0) is 195 Å². The third-order valence-corrected chi connectivity index (χ3v) is 13.0. The van der Waals surface area contributed by atoms with Crippen LogP contribution in [-0.2, 0) is 0 Å². The predicted octanol–water partition coefficient (Wildman–Crippen LogP) is 16.4. The third kappa shape index (κ3) is 6.99. The summed E-state index contributed by atoms with van der Waals surface area (Å²) >= 11 is 0. The summed E-state index contributed by atoms with van der Waals surface area (Å²) in [6, 6.07) is 70.6. The smallest absolute Gasteiger partial charge is 0.145 e. The molecular formula is C61H50N4. The van der Waals surface area contributed by atoms with Crippen LogP contribution in [0.1, 0.15) is 33.4 Å². The minimum atomic E-state index is 0.915. The molecule has 0 saturated heterocycles. The highest BCUT2D eigenvalue weighted by atomic mass is 15.1. The summed E-state index contributed by atoms with van der Waals surface area (Å²) in [5.74, 6) is 0.915. The van der Waals surface area contributed by atoms with Crippen molar-refractivity contribution in [1.29, 1.82) is 0 Å². The number of imidazole rings is 1. The second-order valence-electron chi connectivity index (χ2n) is 17.7. The van der Waals surface area contributed by atoms with E-state index in [1.165, 1.54) is 77.4 Å². The molecule has 4 nitrogen and oxygen atoms in total. The quantitative estimate of drug-likeness (QED) is 0.152. The number of hydrogen-bond donors (Lipinski definition) is 0. The minimum Gasteiger partial charge on any atom is -0.311 e. The molecule has 0 bridgehead atoms. The number of hydrogen-bond acceptors (Lipinski definition) is 2. The molecule has 2 heterocycles. The lowest BCUT2D eigenvalue weighted by atomic mass is 9.91. The van der Waals surface area contributed by atoms with E-state index in [4.69, 9.17) is 4.98 Å². The van der Waals surface area contributed by atoms with Gasteiger partial charge >= 0.3 is 0 Å². The lowest BCUT2D eigenvalue weighted by molar-refractivity contribution is 1.10. The van der Waals surface area contributed by atoms with Crippen LogP contribution in [0.3, 0.4) is 0 Å². The molecule has 0 unspecified atom stereocenters. The van der Waals surface area contributed by atoms with Crippen molar-refractivity contribution in [3.63, 3.8) is 0 Å². The summed E-state index contributed by atoms with van der Waals surface area (Å²) in [5.41, 5.74) is 23.8. The van der Waals surface area contributed by atoms with Crippen LogP contribution >= 0.6 is 0 Å². The molecule has 0 radical (unpaired) electrons. The molecule has 4 heteroatoms. The molecule has 0 aliphatic rings. The summed E-state index contributed by atoms with van der Waals surface area (Å²) in [7, 11) is 0. The van der Waals surface area contributed by atoms with E-state index in [2.05, 4.69) is 250 Å². The van der Waals surface area contributed by atoms with E-state index >= 15 is 0 Å². The minimum absolute atomic E-state index is 0.915. The molecule has 0 atom stereocenters. The van der Waals surface area contributed by atoms with Crippen molar-refractivity contribution in [2.45, 2.75) is 41.5 Å². The highest BCUT2D eigenvalue weighted by Gasteiger charge is 2.20. The first-order valence-electron chi connectivity index (χ1n) is 22.5. The first kappa shape index (κ1) is 39.9. The molecule has 65 heavy (non-hydrogen) atoms. The second kappa shape index (κ2) is 16.0. The molecule has 314 valence electrons. The predicted molar refractivity (Wildman–Crippen MR) is 275 cm³/mol. The zero-order chi connectivity index (χ0) is 44.3. The van der Waals surface area contributed by atoms with Crippen molar-refractivity contribution in [1.82, 2.24) is 14.1 Å². The van der Waals surface area contributed by atoms with Crippen LogP contribution in [0.4, 0.5) is 17.1 Å². The largest absolute Gasteiger partial charge is 0.311 e. The standard InChI is InChI=1S/C61H50N4/c1-39-33-41(3)59(42(4)34-39)46-23-31-56-53(37-46)54-38-47(60-43(5)35-40(2)36-44(60)6)24-32-57(54)64(56)52-29-27-51(28-30-52)63(48-15-9-7-10-16-48)50-25-21-45(22-26-50)61-62-55-19-13-14-20-58(55)65(61)49-17-11-8-12-18-49/h7-38H,1-6H3. The van der Waals surface area contributed by atoms with Gasteiger partial charge < -0.3 is 9.47 Å². The van der Waals surface area contributed by atoms with Crippen molar-refractivity contribution in [2.24, 2.45) is 0 Å². The van der Waals surface area contributed by atoms with Gasteiger partial charge in [-0.25, -0.2) is 4.98 Å². The van der Waals surface area contributed by atoms with Crippen LogP contribution in [0.5, 0.6) is 0 Å². The summed E-state index contributed by atoms with van der Waals surface area (Å²) in [5, 5.41) is 2.49. The number of benzene rings is 9. The first-order chi connectivity index (χ1) is 31.7. The Labute approximate surface area is 381 Å². The van der Waals surface area contributed by atoms with E-state index in [1.54, 1.807) is 0 Å². The molecule has 0 N–H and O–H groups in total. The van der Waals surface area contributed by atoms with Crippen molar-refractivity contribution in [3.8, 4) is 45.0 Å². The number of anilines is 3. The SMILES string of the molecule is Cc1cc(C)c(-c2ccc3c(c2)c2cc(-c4c(C)cc(C)cc4C)ccc2n3-c2ccc(N(c3ccccc3)c3ccc(-c4nc5ccccc5n4-c4ccccc4)cc3)cc2)c(C)c1. The van der Waals surface area contributed by atoms with Gasteiger partial charge in [0, 0.05) is 44.8 Å². The fourth-order valence-electron chi connectivity index (χ4n) is 10.5. The molecule has 0 saturated carbocycles. The third-order valence-electron chi connectivity index (χ3n) is 13.0. The summed E-state index contributed by atoms with van der Waals surface area (Å²) in [6.45, 7) is 13.3. The molecule has 0 aliphatic carbocycles. The van der Waals surface area contributed by atoms with E-state index < -0.39 is 0 Å². The molecule has 0 amide bonds. The molecule has 2 aromatic heterocycles. The Bertz CT molecular complexity index is 3410. The van der Waals surface area contributed by atoms with Gasteiger partial charge in [-0.1, -0.05) is 96.1 Å². The Kier molecular flexibility index (Phi) is 9.81. The lowest BCUT2D eigenvalue weighted by Gasteiger charge is -2.26. The van der Waals surface area contributed by atoms with E-state index in [-0.39, 0.29) is 0 Å². The van der Waals surface area contributed by atoms with Crippen molar-refractivity contribution >= 4 is 49.9 Å². The van der Waals surface area contributed by atoms with Gasteiger partial charge in [0.15, 0.2) is 0 Å². The average molecular weight is 839 g/mol. The Morgan fingerprint density at radius 3 is 1.32 bits per heavy atom. The van der Waals surface area contributed by atoms with Gasteiger partial charge in [0.05, 0.1) is 22.1 Å². The number of aromatic nitrogens is 3. The van der Waals surface area contributed by atoms with E-state index in [0.29, 0.717) is 0 Å². The fraction of sp³-hybridized carbons (Fsp3) is 0.0984. The van der Waals surface area contributed by atoms with E-state index in [9.17, 15) is 0 Å². The highest BCUT2D eigenvalue weighted by molar-refractivity contribution is 6.12. The maximum absolute atomic E-state index is 5.14. The maximum Gasteiger partial charge on any atom is 0.145 e. The van der Waals surface area contributed by atoms with Gasteiger partial charge in [-0.15, -0.1) is 0 Å². The molecule has 0 spiro atoms. The van der Waals surface area contributed by atoms with E-state index in [1.807, 2.05) is 0 Å². The Morgan fingerprint density at radius 2 is 0.785 bits per heavy atom. The molecule has 0 fully saturated rings. The van der Waals surface area contributed by atoms with Gasteiger partial charge in [0.1, 0.15) is 5.82 Å². The number of aryl methyl sites for hydroxylation is 6. The van der Waals surface area contributed by atoms with Crippen molar-refractivity contribution < 1.29 is 0 Å². The van der Waals surface area contributed by atoms with Crippen LogP contribution in [0.15, 0.2) is 194 Å². The topological polar surface area (TPSA) is 26.0 Å². The summed E-state index contributed by atoms with van der Waals surface area (Å²) in [4.78, 5) is 7.47. The highest BCUT2D eigenvalue weighted by Crippen LogP contribution is 2.42. The molecule has 0 aliphatic heterocycles. The first-order valence-corrected chi connectivity index (χ1v) is 22.5. The van der Waals surface area contributed by atoms with E-state index in [0.717, 1.165) is 50.9 Å². The monoisotopic (exact) mass is 838 g/mol. The normalized spacial score (nSPS) is 11.5. The molecule has 11 aromatic rings. The zero-order valence-electron chi connectivity index (χ0n) is 37.8. The molecular weight excluding hydrogens is 789 g/mol. The summed E-state index contributed by atoms with van der Waals surface area (Å²) in [6.07, 6.45) is 0. The van der Waals surface area contributed by atoms with Gasteiger partial charge in [-0.2, -0.15) is 0 Å². The second-order valence-corrected chi connectivity index (χ2v) is 17.7. The lowest BCUT2D eigenvalue weighted by Crippen LogP contribution is -2.10. The Morgan fingerprint density at radius 1 is 0.354 bits per heavy atom. The van der Waals surface area contributed by atoms with Gasteiger partial charge in [-0.3, -0.25) is 4.57 Å². The number of para-hydroxylation sites is 4. The van der Waals surface area contributed by atoms with Crippen LogP contribution in [-0.4, -0.2) is 14.1 Å². The summed E-state index contributed by atoms with van der Waals surface area (Å²) < 4.78 is 4.69. The Balaban J connectivity index is 1.03. The van der Waals surface area contributed by atoms with Crippen LogP contribution in [0, 0.1) is 41.5 Å². The number of nitrogens with zero attached hydrogens (tertiary/aromatic N) is 4. The van der Waals surface area contributed by atoms with Crippen molar-refractivity contribution in [3.05, 3.63) is 228 Å². The molecule has 9 aromatic carbocycles. The zero-order valence-corrected chi connectivity index (χ0v) is 37.8. The van der Waals surface area contributed by atoms with Gasteiger partial charge in [0.2, 0.25) is 0 Å². The van der Waals surface area contributed by atoms with Crippen LogP contribution in [0.25, 0.3) is 77.9 Å². The van der Waals surface area contributed by atoms with Crippen molar-refractivity contribution in [2.75, 3.05) is 4.90 Å². The fourth-order valence-corrected chi connectivity index (χ4v) is 10.5. The molecule has 11 rings (SSSR count). The average Bonchev–Trinajstić information content (AvgIpc) is 3.86. The van der Waals surface area contributed by atoms with Gasteiger partial charge in [0.25, 0.3) is 0 Å². The Hall–Kier alpha value is -7.95. The van der Waals surface area contributed by atoms with Crippen LogP contribution in [0.2, 0.25) is 0 Å². The maximum atomic E-state index is 5.14. The number of rotatable bonds is 8. The van der Waals surface area contributed by atoms with Crippen LogP contribution < -0.4 is 4.90 Å².